The number of hydrogen-bond acceptors (Lipinski definition) is 6. The maximum absolute atomic E-state index is 11.4. The van der Waals surface area contributed by atoms with Crippen molar-refractivity contribution in [1.82, 2.24) is 20.2 Å². The van der Waals surface area contributed by atoms with Crippen LogP contribution in [-0.2, 0) is 0 Å². The molecule has 7 heteroatoms. The van der Waals surface area contributed by atoms with Gasteiger partial charge in [-0.2, -0.15) is 4.68 Å². The maximum atomic E-state index is 11.4. The van der Waals surface area contributed by atoms with E-state index in [0.717, 1.165) is 5.69 Å². The standard InChI is InChI=1S/C16H14N4O3/c1-11(21)12-8-9-14(15(10-12)22-2)23-16-17-18-19-20(16)13-6-4-3-5-7-13/h3-10H,1-2H3. The first-order valence-electron chi connectivity index (χ1n) is 6.89. The highest BCUT2D eigenvalue weighted by molar-refractivity contribution is 5.94. The second-order valence-corrected chi connectivity index (χ2v) is 4.73. The van der Waals surface area contributed by atoms with Crippen LogP contribution >= 0.6 is 0 Å². The number of hydrogen-bond donors (Lipinski definition) is 0. The van der Waals surface area contributed by atoms with E-state index >= 15 is 0 Å². The number of methoxy groups -OCH3 is 1. The fraction of sp³-hybridized carbons (Fsp3) is 0.125. The second kappa shape index (κ2) is 6.27. The molecule has 0 saturated heterocycles. The normalized spacial score (nSPS) is 10.3. The van der Waals surface area contributed by atoms with Crippen molar-refractivity contribution in [3.8, 4) is 23.2 Å². The van der Waals surface area contributed by atoms with E-state index in [0.29, 0.717) is 17.1 Å². The van der Waals surface area contributed by atoms with Crippen LogP contribution in [0, 0.1) is 0 Å². The summed E-state index contributed by atoms with van der Waals surface area (Å²) < 4.78 is 12.5. The lowest BCUT2D eigenvalue weighted by Gasteiger charge is -2.10. The Balaban J connectivity index is 1.95. The van der Waals surface area contributed by atoms with Crippen molar-refractivity contribution < 1.29 is 14.3 Å². The van der Waals surface area contributed by atoms with E-state index in [1.165, 1.54) is 18.7 Å². The number of ether oxygens (including phenoxy) is 2. The molecule has 0 aliphatic carbocycles. The van der Waals surface area contributed by atoms with Crippen LogP contribution in [0.1, 0.15) is 17.3 Å². The highest BCUT2D eigenvalue weighted by Gasteiger charge is 2.14. The second-order valence-electron chi connectivity index (χ2n) is 4.73. The number of tetrazole rings is 1. The first kappa shape index (κ1) is 14.7. The minimum Gasteiger partial charge on any atom is -0.493 e. The molecule has 1 heterocycles. The third kappa shape index (κ3) is 3.03. The topological polar surface area (TPSA) is 79.1 Å². The van der Waals surface area contributed by atoms with Gasteiger partial charge in [-0.1, -0.05) is 23.3 Å². The van der Waals surface area contributed by atoms with Crippen LogP contribution in [0.3, 0.4) is 0 Å². The predicted octanol–water partition coefficient (Wildman–Crippen LogP) is 2.67. The van der Waals surface area contributed by atoms with Gasteiger partial charge in [0.15, 0.2) is 17.3 Å². The van der Waals surface area contributed by atoms with Crippen LogP contribution in [0.15, 0.2) is 48.5 Å². The van der Waals surface area contributed by atoms with Gasteiger partial charge in [0.1, 0.15) is 0 Å². The Morgan fingerprint density at radius 2 is 1.87 bits per heavy atom. The molecule has 0 saturated carbocycles. The van der Waals surface area contributed by atoms with Crippen LogP contribution in [0.4, 0.5) is 0 Å². The summed E-state index contributed by atoms with van der Waals surface area (Å²) in [6.07, 6.45) is 0. The lowest BCUT2D eigenvalue weighted by Crippen LogP contribution is -2.01. The molecule has 0 N–H and O–H groups in total. The van der Waals surface area contributed by atoms with E-state index in [1.54, 1.807) is 18.2 Å². The fourth-order valence-corrected chi connectivity index (χ4v) is 2.04. The Bertz CT molecular complexity index is 830. The van der Waals surface area contributed by atoms with E-state index in [1.807, 2.05) is 30.3 Å². The van der Waals surface area contributed by atoms with Gasteiger partial charge >= 0.3 is 6.01 Å². The Morgan fingerprint density at radius 1 is 1.09 bits per heavy atom. The largest absolute Gasteiger partial charge is 0.493 e. The lowest BCUT2D eigenvalue weighted by molar-refractivity contribution is 0.101. The molecule has 116 valence electrons. The molecule has 3 rings (SSSR count). The molecule has 0 fully saturated rings. The summed E-state index contributed by atoms with van der Waals surface area (Å²) >= 11 is 0. The van der Waals surface area contributed by atoms with Crippen molar-refractivity contribution in [2.45, 2.75) is 6.92 Å². The smallest absolute Gasteiger partial charge is 0.346 e. The Kier molecular flexibility index (Phi) is 4.01. The summed E-state index contributed by atoms with van der Waals surface area (Å²) in [6, 6.07) is 14.5. The number of carbonyl (C=O) groups excluding carboxylic acids is 1. The number of nitrogens with zero attached hydrogens (tertiary/aromatic N) is 4. The average Bonchev–Trinajstić information content (AvgIpc) is 3.04. The number of carbonyl (C=O) groups is 1. The third-order valence-corrected chi connectivity index (χ3v) is 3.21. The average molecular weight is 310 g/mol. The Hall–Kier alpha value is -3.22. The highest BCUT2D eigenvalue weighted by Crippen LogP contribution is 2.32. The zero-order valence-electron chi connectivity index (χ0n) is 12.6. The van der Waals surface area contributed by atoms with Gasteiger partial charge < -0.3 is 9.47 Å². The molecular formula is C16H14N4O3. The fourth-order valence-electron chi connectivity index (χ4n) is 2.04. The molecule has 0 aliphatic rings. The van der Waals surface area contributed by atoms with Crippen molar-refractivity contribution in [2.75, 3.05) is 7.11 Å². The van der Waals surface area contributed by atoms with E-state index < -0.39 is 0 Å². The molecule has 0 atom stereocenters. The molecule has 0 amide bonds. The molecule has 2 aromatic carbocycles. The summed E-state index contributed by atoms with van der Waals surface area (Å²) in [5, 5.41) is 11.4. The van der Waals surface area contributed by atoms with Crippen molar-refractivity contribution in [1.29, 1.82) is 0 Å². The van der Waals surface area contributed by atoms with Crippen LogP contribution < -0.4 is 9.47 Å². The number of rotatable bonds is 5. The van der Waals surface area contributed by atoms with Crippen LogP contribution in [-0.4, -0.2) is 33.1 Å². The Labute approximate surface area is 132 Å². The van der Waals surface area contributed by atoms with Crippen molar-refractivity contribution in [2.24, 2.45) is 0 Å². The van der Waals surface area contributed by atoms with E-state index in [-0.39, 0.29) is 11.8 Å². The zero-order valence-corrected chi connectivity index (χ0v) is 12.6. The minimum atomic E-state index is -0.0519. The lowest BCUT2D eigenvalue weighted by atomic mass is 10.1. The first-order chi connectivity index (χ1) is 11.2. The number of ketones is 1. The molecule has 0 spiro atoms. The van der Waals surface area contributed by atoms with Gasteiger partial charge in [0.25, 0.3) is 0 Å². The minimum absolute atomic E-state index is 0.0519. The van der Waals surface area contributed by atoms with E-state index in [9.17, 15) is 4.79 Å². The van der Waals surface area contributed by atoms with Crippen LogP contribution in [0.5, 0.6) is 17.5 Å². The number of aromatic nitrogens is 4. The van der Waals surface area contributed by atoms with E-state index in [4.69, 9.17) is 9.47 Å². The summed E-state index contributed by atoms with van der Waals surface area (Å²) in [5.74, 6) is 0.800. The van der Waals surface area contributed by atoms with Gasteiger partial charge in [-0.3, -0.25) is 4.79 Å². The first-order valence-corrected chi connectivity index (χ1v) is 6.89. The van der Waals surface area contributed by atoms with Gasteiger partial charge in [0.2, 0.25) is 0 Å². The zero-order chi connectivity index (χ0) is 16.2. The van der Waals surface area contributed by atoms with Gasteiger partial charge in [-0.15, -0.1) is 0 Å². The molecule has 23 heavy (non-hydrogen) atoms. The number of Topliss-reactive ketones (excluding diaryl/α,β-unsaturated/α-hetero) is 1. The molecule has 3 aromatic rings. The van der Waals surface area contributed by atoms with Crippen LogP contribution in [0.25, 0.3) is 5.69 Å². The molecule has 0 radical (unpaired) electrons. The monoisotopic (exact) mass is 310 g/mol. The van der Waals surface area contributed by atoms with Crippen molar-refractivity contribution in [3.05, 3.63) is 54.1 Å². The third-order valence-electron chi connectivity index (χ3n) is 3.21. The molecular weight excluding hydrogens is 296 g/mol. The van der Waals surface area contributed by atoms with Gasteiger partial charge in [-0.05, 0) is 47.7 Å². The maximum Gasteiger partial charge on any atom is 0.346 e. The molecule has 0 aliphatic heterocycles. The van der Waals surface area contributed by atoms with Crippen LogP contribution in [0.2, 0.25) is 0 Å². The number of benzene rings is 2. The van der Waals surface area contributed by atoms with Crippen molar-refractivity contribution in [3.63, 3.8) is 0 Å². The predicted molar refractivity (Wildman–Crippen MR) is 82.2 cm³/mol. The van der Waals surface area contributed by atoms with E-state index in [2.05, 4.69) is 15.5 Å². The summed E-state index contributed by atoms with van der Waals surface area (Å²) in [5.41, 5.74) is 1.31. The Morgan fingerprint density at radius 3 is 2.57 bits per heavy atom. The molecule has 7 nitrogen and oxygen atoms in total. The van der Waals surface area contributed by atoms with Gasteiger partial charge in [0.05, 0.1) is 12.8 Å². The summed E-state index contributed by atoms with van der Waals surface area (Å²) in [6.45, 7) is 1.49. The molecule has 0 unspecified atom stereocenters. The molecule has 0 bridgehead atoms. The van der Waals surface area contributed by atoms with Gasteiger partial charge in [-0.25, -0.2) is 0 Å². The quantitative estimate of drug-likeness (QED) is 0.674. The highest BCUT2D eigenvalue weighted by atomic mass is 16.5. The summed E-state index contributed by atoms with van der Waals surface area (Å²) in [4.78, 5) is 11.4. The molecule has 1 aromatic heterocycles. The summed E-state index contributed by atoms with van der Waals surface area (Å²) in [7, 11) is 1.51. The number of para-hydroxylation sites is 1. The van der Waals surface area contributed by atoms with Gasteiger partial charge in [0, 0.05) is 5.56 Å². The van der Waals surface area contributed by atoms with Crippen molar-refractivity contribution >= 4 is 5.78 Å². The SMILES string of the molecule is COc1cc(C(C)=O)ccc1Oc1nnnn1-c1ccccc1.